The van der Waals surface area contributed by atoms with E-state index < -0.39 is 12.0 Å². The standard InChI is InChI=1S/C12H21N5O3/c1-3-5-9(6-11(18)19)15-12(20)13-7-10-16-14-8-17(10)4-2/h8-9H,3-7H2,1-2H3,(H,18,19)(H2,13,15,20). The number of hydrogen-bond acceptors (Lipinski definition) is 4. The summed E-state index contributed by atoms with van der Waals surface area (Å²) in [6, 6.07) is -0.753. The van der Waals surface area contributed by atoms with Gasteiger partial charge in [-0.3, -0.25) is 4.79 Å². The summed E-state index contributed by atoms with van der Waals surface area (Å²) in [6.45, 7) is 4.88. The van der Waals surface area contributed by atoms with E-state index in [9.17, 15) is 9.59 Å². The number of carboxylic acids is 1. The Morgan fingerprint density at radius 3 is 2.80 bits per heavy atom. The third-order valence-electron chi connectivity index (χ3n) is 2.84. The van der Waals surface area contributed by atoms with Crippen LogP contribution >= 0.6 is 0 Å². The number of nitrogens with zero attached hydrogens (tertiary/aromatic N) is 3. The molecule has 0 aliphatic rings. The van der Waals surface area contributed by atoms with Crippen LogP contribution < -0.4 is 10.6 Å². The molecule has 0 aliphatic carbocycles. The first-order chi connectivity index (χ1) is 9.56. The molecule has 112 valence electrons. The Kier molecular flexibility index (Phi) is 6.48. The van der Waals surface area contributed by atoms with E-state index in [4.69, 9.17) is 5.11 Å². The molecule has 20 heavy (non-hydrogen) atoms. The molecule has 0 fully saturated rings. The molecule has 1 unspecified atom stereocenters. The van der Waals surface area contributed by atoms with E-state index >= 15 is 0 Å². The summed E-state index contributed by atoms with van der Waals surface area (Å²) in [5.41, 5.74) is 0. The van der Waals surface area contributed by atoms with Crippen molar-refractivity contribution in [2.45, 2.75) is 52.2 Å². The Bertz CT molecular complexity index is 446. The number of rotatable bonds is 8. The van der Waals surface area contributed by atoms with Gasteiger partial charge in [0.05, 0.1) is 13.0 Å². The second-order valence-corrected chi connectivity index (χ2v) is 4.44. The third-order valence-corrected chi connectivity index (χ3v) is 2.84. The molecule has 1 heterocycles. The number of urea groups is 1. The molecule has 0 bridgehead atoms. The van der Waals surface area contributed by atoms with Gasteiger partial charge in [-0.15, -0.1) is 10.2 Å². The fourth-order valence-corrected chi connectivity index (χ4v) is 1.86. The highest BCUT2D eigenvalue weighted by Crippen LogP contribution is 2.02. The second-order valence-electron chi connectivity index (χ2n) is 4.44. The largest absolute Gasteiger partial charge is 0.481 e. The van der Waals surface area contributed by atoms with E-state index in [0.29, 0.717) is 12.2 Å². The van der Waals surface area contributed by atoms with Crippen LogP contribution in [0.3, 0.4) is 0 Å². The lowest BCUT2D eigenvalue weighted by molar-refractivity contribution is -0.137. The molecular formula is C12H21N5O3. The maximum atomic E-state index is 11.7. The van der Waals surface area contributed by atoms with Crippen LogP contribution in [0.4, 0.5) is 4.79 Å². The Hall–Kier alpha value is -2.12. The van der Waals surface area contributed by atoms with Gasteiger partial charge in [0.25, 0.3) is 0 Å². The minimum Gasteiger partial charge on any atom is -0.481 e. The van der Waals surface area contributed by atoms with Crippen LogP contribution in [-0.2, 0) is 17.9 Å². The first kappa shape index (κ1) is 15.9. The molecule has 1 rings (SSSR count). The van der Waals surface area contributed by atoms with Gasteiger partial charge >= 0.3 is 12.0 Å². The summed E-state index contributed by atoms with van der Waals surface area (Å²) in [5.74, 6) is -0.262. The van der Waals surface area contributed by atoms with Crippen molar-refractivity contribution in [3.63, 3.8) is 0 Å². The van der Waals surface area contributed by atoms with Crippen molar-refractivity contribution in [3.8, 4) is 0 Å². The van der Waals surface area contributed by atoms with Crippen LogP contribution in [0.5, 0.6) is 0 Å². The minimum atomic E-state index is -0.922. The summed E-state index contributed by atoms with van der Waals surface area (Å²) in [6.07, 6.45) is 2.96. The molecule has 0 spiro atoms. The Morgan fingerprint density at radius 2 is 2.20 bits per heavy atom. The van der Waals surface area contributed by atoms with Gasteiger partial charge in [0.1, 0.15) is 6.33 Å². The number of hydrogen-bond donors (Lipinski definition) is 3. The van der Waals surface area contributed by atoms with Crippen molar-refractivity contribution in [3.05, 3.63) is 12.2 Å². The maximum Gasteiger partial charge on any atom is 0.315 e. The molecule has 1 atom stereocenters. The summed E-state index contributed by atoms with van der Waals surface area (Å²) in [7, 11) is 0. The zero-order chi connectivity index (χ0) is 15.0. The number of nitrogens with one attached hydrogen (secondary N) is 2. The number of aryl methyl sites for hydroxylation is 1. The highest BCUT2D eigenvalue weighted by Gasteiger charge is 2.15. The predicted octanol–water partition coefficient (Wildman–Crippen LogP) is 0.741. The summed E-state index contributed by atoms with van der Waals surface area (Å²) in [4.78, 5) is 22.4. The normalized spacial score (nSPS) is 11.9. The number of carbonyl (C=O) groups excluding carboxylic acids is 1. The van der Waals surface area contributed by atoms with Crippen LogP contribution in [0.15, 0.2) is 6.33 Å². The van der Waals surface area contributed by atoms with Gasteiger partial charge in [-0.1, -0.05) is 13.3 Å². The van der Waals surface area contributed by atoms with Crippen molar-refractivity contribution < 1.29 is 14.7 Å². The minimum absolute atomic E-state index is 0.0770. The molecule has 8 heteroatoms. The average molecular weight is 283 g/mol. The van der Waals surface area contributed by atoms with Crippen molar-refractivity contribution in [1.82, 2.24) is 25.4 Å². The summed E-state index contributed by atoms with van der Waals surface area (Å²) < 4.78 is 1.82. The molecule has 8 nitrogen and oxygen atoms in total. The molecule has 1 aromatic heterocycles. The number of carbonyl (C=O) groups is 2. The van der Waals surface area contributed by atoms with Gasteiger partial charge in [-0.25, -0.2) is 4.79 Å². The van der Waals surface area contributed by atoms with Crippen molar-refractivity contribution in [2.24, 2.45) is 0 Å². The van der Waals surface area contributed by atoms with E-state index in [1.165, 1.54) is 0 Å². The SMILES string of the molecule is CCCC(CC(=O)O)NC(=O)NCc1nncn1CC. The summed E-state index contributed by atoms with van der Waals surface area (Å²) in [5, 5.41) is 21.8. The fraction of sp³-hybridized carbons (Fsp3) is 0.667. The number of aromatic nitrogens is 3. The highest BCUT2D eigenvalue weighted by atomic mass is 16.4. The van der Waals surface area contributed by atoms with Gasteiger partial charge in [0.2, 0.25) is 0 Å². The Morgan fingerprint density at radius 1 is 1.45 bits per heavy atom. The van der Waals surface area contributed by atoms with Gasteiger partial charge < -0.3 is 20.3 Å². The molecule has 0 saturated carbocycles. The van der Waals surface area contributed by atoms with E-state index in [-0.39, 0.29) is 19.0 Å². The summed E-state index contributed by atoms with van der Waals surface area (Å²) >= 11 is 0. The average Bonchev–Trinajstić information content (AvgIpc) is 2.83. The van der Waals surface area contributed by atoms with Gasteiger partial charge in [-0.2, -0.15) is 0 Å². The monoisotopic (exact) mass is 283 g/mol. The highest BCUT2D eigenvalue weighted by molar-refractivity contribution is 5.75. The lowest BCUT2D eigenvalue weighted by Crippen LogP contribution is -2.43. The van der Waals surface area contributed by atoms with Crippen LogP contribution in [0.2, 0.25) is 0 Å². The van der Waals surface area contributed by atoms with Crippen molar-refractivity contribution in [1.29, 1.82) is 0 Å². The zero-order valence-electron chi connectivity index (χ0n) is 11.8. The molecule has 0 radical (unpaired) electrons. The van der Waals surface area contributed by atoms with E-state index in [0.717, 1.165) is 13.0 Å². The number of amides is 2. The number of carboxylic acid groups (broad SMARTS) is 1. The molecule has 3 N–H and O–H groups in total. The first-order valence-electron chi connectivity index (χ1n) is 6.69. The topological polar surface area (TPSA) is 109 Å². The molecular weight excluding hydrogens is 262 g/mol. The van der Waals surface area contributed by atoms with Crippen LogP contribution in [-0.4, -0.2) is 37.9 Å². The van der Waals surface area contributed by atoms with Gasteiger partial charge in [-0.05, 0) is 13.3 Å². The van der Waals surface area contributed by atoms with E-state index in [2.05, 4.69) is 20.8 Å². The van der Waals surface area contributed by atoms with E-state index in [1.807, 2.05) is 18.4 Å². The zero-order valence-corrected chi connectivity index (χ0v) is 11.8. The van der Waals surface area contributed by atoms with E-state index in [1.54, 1.807) is 6.33 Å². The molecule has 1 aromatic rings. The third kappa shape index (κ3) is 5.25. The fourth-order valence-electron chi connectivity index (χ4n) is 1.86. The quantitative estimate of drug-likeness (QED) is 0.652. The Labute approximate surface area is 117 Å². The number of aliphatic carboxylic acids is 1. The smallest absolute Gasteiger partial charge is 0.315 e. The molecule has 0 aromatic carbocycles. The molecule has 0 aliphatic heterocycles. The molecule has 2 amide bonds. The Balaban J connectivity index is 2.43. The maximum absolute atomic E-state index is 11.7. The lowest BCUT2D eigenvalue weighted by atomic mass is 10.1. The second kappa shape index (κ2) is 8.13. The van der Waals surface area contributed by atoms with Crippen LogP contribution in [0.1, 0.15) is 38.9 Å². The lowest BCUT2D eigenvalue weighted by Gasteiger charge is -2.16. The van der Waals surface area contributed by atoms with Gasteiger partial charge in [0.15, 0.2) is 5.82 Å². The first-order valence-corrected chi connectivity index (χ1v) is 6.69. The van der Waals surface area contributed by atoms with Crippen molar-refractivity contribution in [2.75, 3.05) is 0 Å². The van der Waals surface area contributed by atoms with Gasteiger partial charge in [0, 0.05) is 12.6 Å². The van der Waals surface area contributed by atoms with Crippen molar-refractivity contribution >= 4 is 12.0 Å². The van der Waals surface area contributed by atoms with Crippen LogP contribution in [0.25, 0.3) is 0 Å². The van der Waals surface area contributed by atoms with Crippen LogP contribution in [0, 0.1) is 0 Å². The predicted molar refractivity (Wildman–Crippen MR) is 72.0 cm³/mol. The molecule has 0 saturated heterocycles.